The summed E-state index contributed by atoms with van der Waals surface area (Å²) in [6, 6.07) is 9.74. The van der Waals surface area contributed by atoms with E-state index in [9.17, 15) is 9.59 Å². The Morgan fingerprint density at radius 2 is 1.08 bits per heavy atom. The van der Waals surface area contributed by atoms with Crippen LogP contribution in [0.1, 0.15) is 11.1 Å². The van der Waals surface area contributed by atoms with E-state index >= 15 is 0 Å². The average Bonchev–Trinajstić information content (AvgIpc) is 2.57. The maximum absolute atomic E-state index is 11.7. The van der Waals surface area contributed by atoms with Crippen molar-refractivity contribution >= 4 is 58.3 Å². The van der Waals surface area contributed by atoms with Gasteiger partial charge in [-0.2, -0.15) is 0 Å². The van der Waals surface area contributed by atoms with Gasteiger partial charge < -0.3 is 9.47 Å². The minimum atomic E-state index is -1.15. The van der Waals surface area contributed by atoms with Crippen LogP contribution in [0.2, 0.25) is 20.1 Å². The Kier molecular flexibility index (Phi) is 6.75. The highest BCUT2D eigenvalue weighted by molar-refractivity contribution is 6.43. The molecular weight excluding hydrogens is 398 g/mol. The number of carbonyl (C=O) groups is 2. The van der Waals surface area contributed by atoms with Gasteiger partial charge in [-0.25, -0.2) is 9.59 Å². The van der Waals surface area contributed by atoms with Gasteiger partial charge in [-0.3, -0.25) is 0 Å². The molecule has 0 aliphatic carbocycles. The second kappa shape index (κ2) is 8.58. The number of hydrogen-bond acceptors (Lipinski definition) is 4. The molecule has 0 unspecified atom stereocenters. The van der Waals surface area contributed by atoms with E-state index in [1.165, 1.54) is 0 Å². The van der Waals surface area contributed by atoms with Gasteiger partial charge >= 0.3 is 11.9 Å². The molecule has 0 amide bonds. The van der Waals surface area contributed by atoms with Crippen molar-refractivity contribution in [2.75, 3.05) is 0 Å². The van der Waals surface area contributed by atoms with Crippen molar-refractivity contribution in [3.05, 3.63) is 67.6 Å². The summed E-state index contributed by atoms with van der Waals surface area (Å²) in [7, 11) is 0. The molecule has 4 nitrogen and oxygen atoms in total. The molecule has 0 spiro atoms. The third kappa shape index (κ3) is 4.77. The number of carbonyl (C=O) groups excluding carboxylic acids is 2. The van der Waals surface area contributed by atoms with Crippen LogP contribution in [-0.4, -0.2) is 11.9 Å². The van der Waals surface area contributed by atoms with Crippen molar-refractivity contribution < 1.29 is 19.1 Å². The summed E-state index contributed by atoms with van der Waals surface area (Å²) >= 11 is 23.6. The maximum atomic E-state index is 11.7. The van der Waals surface area contributed by atoms with E-state index in [1.807, 2.05) is 0 Å². The summed E-state index contributed by atoms with van der Waals surface area (Å²) in [4.78, 5) is 23.3. The van der Waals surface area contributed by atoms with Crippen LogP contribution in [0.15, 0.2) is 36.4 Å². The minimum absolute atomic E-state index is 0.203. The predicted octanol–water partition coefficient (Wildman–Crippen LogP) is 5.09. The van der Waals surface area contributed by atoms with Crippen molar-refractivity contribution in [1.29, 1.82) is 0 Å². The van der Waals surface area contributed by atoms with Crippen LogP contribution in [-0.2, 0) is 32.3 Å². The number of benzene rings is 2. The topological polar surface area (TPSA) is 52.6 Å². The van der Waals surface area contributed by atoms with Crippen LogP contribution >= 0.6 is 46.4 Å². The van der Waals surface area contributed by atoms with Gasteiger partial charge in [0.2, 0.25) is 0 Å². The number of hydrogen-bond donors (Lipinski definition) is 0. The highest BCUT2D eigenvalue weighted by Gasteiger charge is 2.19. The van der Waals surface area contributed by atoms with Crippen LogP contribution in [0.5, 0.6) is 0 Å². The lowest BCUT2D eigenvalue weighted by Crippen LogP contribution is -2.20. The fraction of sp³-hybridized carbons (Fsp3) is 0.125. The normalized spacial score (nSPS) is 10.3. The van der Waals surface area contributed by atoms with Crippen LogP contribution in [0, 0.1) is 0 Å². The molecule has 0 saturated carbocycles. The Morgan fingerprint density at radius 1 is 0.708 bits per heavy atom. The molecule has 8 heteroatoms. The molecule has 126 valence electrons. The highest BCUT2D eigenvalue weighted by Crippen LogP contribution is 2.27. The monoisotopic (exact) mass is 406 g/mol. The number of rotatable bonds is 4. The lowest BCUT2D eigenvalue weighted by Gasteiger charge is -2.09. The van der Waals surface area contributed by atoms with E-state index < -0.39 is 11.9 Å². The summed E-state index contributed by atoms with van der Waals surface area (Å²) in [5, 5.41) is 1.16. The first-order chi connectivity index (χ1) is 11.4. The van der Waals surface area contributed by atoms with E-state index in [0.29, 0.717) is 21.2 Å². The smallest absolute Gasteiger partial charge is 0.417 e. The number of ether oxygens (including phenoxy) is 2. The molecular formula is C16H10Cl4O4. The standard InChI is InChI=1S/C16H10Cl4O4/c17-11-5-1-3-9(13(11)19)7-23-15(21)16(22)24-8-10-4-2-6-12(18)14(10)20/h1-6H,7-8H2. The molecule has 0 aliphatic heterocycles. The average molecular weight is 408 g/mol. The van der Waals surface area contributed by atoms with Gasteiger partial charge in [0, 0.05) is 11.1 Å². The van der Waals surface area contributed by atoms with Crippen LogP contribution in [0.25, 0.3) is 0 Å². The molecule has 0 aromatic heterocycles. The largest absolute Gasteiger partial charge is 0.452 e. The van der Waals surface area contributed by atoms with Crippen LogP contribution in [0.4, 0.5) is 0 Å². The summed E-state index contributed by atoms with van der Waals surface area (Å²) in [5.41, 5.74) is 0.950. The molecule has 0 radical (unpaired) electrons. The second-order valence-corrected chi connectivity index (χ2v) is 6.15. The van der Waals surface area contributed by atoms with Crippen molar-refractivity contribution in [1.82, 2.24) is 0 Å². The molecule has 0 aliphatic rings. The quantitative estimate of drug-likeness (QED) is 0.523. The molecule has 0 saturated heterocycles. The van der Waals surface area contributed by atoms with Crippen molar-refractivity contribution in [2.24, 2.45) is 0 Å². The Hall–Kier alpha value is -1.46. The Balaban J connectivity index is 1.89. The first-order valence-corrected chi connectivity index (χ1v) is 8.11. The van der Waals surface area contributed by atoms with E-state index in [1.54, 1.807) is 36.4 Å². The Labute approximate surface area is 158 Å². The molecule has 2 rings (SSSR count). The van der Waals surface area contributed by atoms with Crippen molar-refractivity contribution in [3.8, 4) is 0 Å². The fourth-order valence-corrected chi connectivity index (χ4v) is 2.47. The summed E-state index contributed by atoms with van der Waals surface area (Å²) in [6.45, 7) is -0.406. The Bertz CT molecular complexity index is 711. The van der Waals surface area contributed by atoms with Gasteiger partial charge in [0.05, 0.1) is 20.1 Å². The molecule has 0 fully saturated rings. The lowest BCUT2D eigenvalue weighted by atomic mass is 10.2. The molecule has 2 aromatic rings. The first-order valence-electron chi connectivity index (χ1n) is 6.59. The van der Waals surface area contributed by atoms with Gasteiger partial charge in [-0.05, 0) is 12.1 Å². The minimum Gasteiger partial charge on any atom is -0.452 e. The number of esters is 2. The summed E-state index contributed by atoms with van der Waals surface area (Å²) < 4.78 is 9.70. The highest BCUT2D eigenvalue weighted by atomic mass is 35.5. The first kappa shape index (κ1) is 18.9. The van der Waals surface area contributed by atoms with E-state index in [2.05, 4.69) is 0 Å². The fourth-order valence-electron chi connectivity index (χ4n) is 1.72. The molecule has 24 heavy (non-hydrogen) atoms. The van der Waals surface area contributed by atoms with Gasteiger partial charge in [0.15, 0.2) is 0 Å². The van der Waals surface area contributed by atoms with Gasteiger partial charge in [0.1, 0.15) is 13.2 Å². The van der Waals surface area contributed by atoms with Crippen molar-refractivity contribution in [3.63, 3.8) is 0 Å². The maximum Gasteiger partial charge on any atom is 0.417 e. The number of halogens is 4. The van der Waals surface area contributed by atoms with Crippen molar-refractivity contribution in [2.45, 2.75) is 13.2 Å². The molecule has 0 N–H and O–H groups in total. The third-order valence-electron chi connectivity index (χ3n) is 2.95. The SMILES string of the molecule is O=C(OCc1cccc(Cl)c1Cl)C(=O)OCc1cccc(Cl)c1Cl. The molecule has 0 heterocycles. The summed E-state index contributed by atoms with van der Waals surface area (Å²) in [5.74, 6) is -2.30. The molecule has 0 bridgehead atoms. The zero-order chi connectivity index (χ0) is 17.7. The Morgan fingerprint density at radius 3 is 1.46 bits per heavy atom. The lowest BCUT2D eigenvalue weighted by molar-refractivity contribution is -0.169. The van der Waals surface area contributed by atoms with Crippen LogP contribution in [0.3, 0.4) is 0 Å². The zero-order valence-electron chi connectivity index (χ0n) is 12.0. The van der Waals surface area contributed by atoms with Gasteiger partial charge in [-0.1, -0.05) is 70.7 Å². The van der Waals surface area contributed by atoms with Gasteiger partial charge in [0.25, 0.3) is 0 Å². The zero-order valence-corrected chi connectivity index (χ0v) is 15.0. The van der Waals surface area contributed by atoms with Gasteiger partial charge in [-0.15, -0.1) is 0 Å². The van der Waals surface area contributed by atoms with E-state index in [4.69, 9.17) is 55.9 Å². The van der Waals surface area contributed by atoms with Crippen LogP contribution < -0.4 is 0 Å². The summed E-state index contributed by atoms with van der Waals surface area (Å²) in [6.07, 6.45) is 0. The predicted molar refractivity (Wildman–Crippen MR) is 92.5 cm³/mol. The third-order valence-corrected chi connectivity index (χ3v) is 4.66. The molecule has 0 atom stereocenters. The second-order valence-electron chi connectivity index (χ2n) is 4.58. The van der Waals surface area contributed by atoms with E-state index in [-0.39, 0.29) is 23.3 Å². The van der Waals surface area contributed by atoms with E-state index in [0.717, 1.165) is 0 Å². The molecule has 2 aromatic carbocycles.